The smallest absolute Gasteiger partial charge is 0.255 e. The summed E-state index contributed by atoms with van der Waals surface area (Å²) in [5.74, 6) is -0.476. The van der Waals surface area contributed by atoms with Crippen molar-refractivity contribution in [3.05, 3.63) is 46.0 Å². The van der Waals surface area contributed by atoms with Crippen molar-refractivity contribution in [3.63, 3.8) is 0 Å². The number of aromatic nitrogens is 1. The van der Waals surface area contributed by atoms with E-state index < -0.39 is 5.82 Å². The number of thiophene rings is 1. The van der Waals surface area contributed by atoms with Gasteiger partial charge in [0.2, 0.25) is 0 Å². The monoisotopic (exact) mass is 293 g/mol. The zero-order chi connectivity index (χ0) is 14.5. The molecule has 0 saturated carbocycles. The van der Waals surface area contributed by atoms with E-state index in [2.05, 4.69) is 15.6 Å². The number of carbonyl (C=O) groups is 1. The lowest BCUT2D eigenvalue weighted by atomic mass is 10.1. The van der Waals surface area contributed by atoms with Crippen LogP contribution in [0.4, 0.5) is 10.2 Å². The molecule has 0 aliphatic carbocycles. The third-order valence-corrected chi connectivity index (χ3v) is 3.54. The number of halogens is 1. The van der Waals surface area contributed by atoms with Gasteiger partial charge in [-0.25, -0.2) is 9.37 Å². The molecule has 2 aromatic heterocycles. The highest BCUT2D eigenvalue weighted by Crippen LogP contribution is 2.18. The molecule has 0 spiro atoms. The minimum atomic E-state index is -0.528. The van der Waals surface area contributed by atoms with Gasteiger partial charge in [0.15, 0.2) is 0 Å². The molecule has 2 rings (SSSR count). The summed E-state index contributed by atoms with van der Waals surface area (Å²) in [6.07, 6.45) is 1.09. The Morgan fingerprint density at radius 1 is 1.55 bits per heavy atom. The van der Waals surface area contributed by atoms with Crippen molar-refractivity contribution < 1.29 is 9.18 Å². The molecule has 1 unspecified atom stereocenters. The summed E-state index contributed by atoms with van der Waals surface area (Å²) >= 11 is 1.57. The number of nitrogens with zero attached hydrogens (tertiary/aromatic N) is 1. The Kier molecular flexibility index (Phi) is 4.68. The number of nitrogens with one attached hydrogen (secondary N) is 2. The van der Waals surface area contributed by atoms with Crippen molar-refractivity contribution in [2.24, 2.45) is 0 Å². The fourth-order valence-corrected chi connectivity index (χ4v) is 2.55. The van der Waals surface area contributed by atoms with Crippen LogP contribution >= 0.6 is 11.3 Å². The van der Waals surface area contributed by atoms with Gasteiger partial charge in [0, 0.05) is 6.54 Å². The van der Waals surface area contributed by atoms with Crippen LogP contribution in [0.2, 0.25) is 0 Å². The molecule has 0 aromatic carbocycles. The lowest BCUT2D eigenvalue weighted by molar-refractivity contribution is 0.0940. The first kappa shape index (κ1) is 14.5. The average Bonchev–Trinajstić information content (AvgIpc) is 2.95. The van der Waals surface area contributed by atoms with E-state index in [9.17, 15) is 9.18 Å². The van der Waals surface area contributed by atoms with Crippen LogP contribution in [0.15, 0.2) is 29.1 Å². The Morgan fingerprint density at radius 2 is 2.35 bits per heavy atom. The molecule has 20 heavy (non-hydrogen) atoms. The average molecular weight is 293 g/mol. The van der Waals surface area contributed by atoms with Crippen molar-refractivity contribution in [2.45, 2.75) is 19.9 Å². The van der Waals surface area contributed by atoms with E-state index in [1.54, 1.807) is 11.3 Å². The Bertz CT molecular complexity index is 586. The maximum Gasteiger partial charge on any atom is 0.255 e. The van der Waals surface area contributed by atoms with Gasteiger partial charge in [0.1, 0.15) is 11.6 Å². The van der Waals surface area contributed by atoms with Gasteiger partial charge < -0.3 is 10.6 Å². The predicted octanol–water partition coefficient (Wildman–Crippen LogP) is 3.21. The topological polar surface area (TPSA) is 54.0 Å². The van der Waals surface area contributed by atoms with Gasteiger partial charge in [-0.05, 0) is 42.3 Å². The summed E-state index contributed by atoms with van der Waals surface area (Å²) in [4.78, 5) is 16.2. The Balaban J connectivity index is 2.18. The van der Waals surface area contributed by atoms with E-state index in [-0.39, 0.29) is 17.5 Å². The van der Waals surface area contributed by atoms with E-state index in [0.29, 0.717) is 12.4 Å². The van der Waals surface area contributed by atoms with Gasteiger partial charge in [0.25, 0.3) is 5.91 Å². The van der Waals surface area contributed by atoms with Crippen molar-refractivity contribution in [1.29, 1.82) is 0 Å². The van der Waals surface area contributed by atoms with Crippen molar-refractivity contribution in [1.82, 2.24) is 10.3 Å². The fraction of sp³-hybridized carbons (Fsp3) is 0.286. The number of amides is 1. The number of rotatable bonds is 5. The third-order valence-electron chi connectivity index (χ3n) is 2.83. The quantitative estimate of drug-likeness (QED) is 0.890. The molecule has 1 amide bonds. The van der Waals surface area contributed by atoms with Crippen LogP contribution in [0.25, 0.3) is 0 Å². The molecule has 2 aromatic rings. The van der Waals surface area contributed by atoms with E-state index in [1.807, 2.05) is 30.7 Å². The molecule has 0 radical (unpaired) electrons. The van der Waals surface area contributed by atoms with E-state index in [1.165, 1.54) is 6.07 Å². The molecule has 0 aliphatic heterocycles. The number of carbonyl (C=O) groups excluding carboxylic acids is 1. The second-order valence-electron chi connectivity index (χ2n) is 4.33. The maximum absolute atomic E-state index is 13.3. The van der Waals surface area contributed by atoms with Crippen LogP contribution in [0.3, 0.4) is 0 Å². The minimum absolute atomic E-state index is 0.133. The largest absolute Gasteiger partial charge is 0.370 e. The van der Waals surface area contributed by atoms with Gasteiger partial charge in [-0.2, -0.15) is 11.3 Å². The summed E-state index contributed by atoms with van der Waals surface area (Å²) < 4.78 is 13.3. The molecular formula is C14H16FN3OS. The highest BCUT2D eigenvalue weighted by molar-refractivity contribution is 7.07. The summed E-state index contributed by atoms with van der Waals surface area (Å²) in [6, 6.07) is 3.01. The van der Waals surface area contributed by atoms with Gasteiger partial charge in [0.05, 0.1) is 17.8 Å². The second kappa shape index (κ2) is 6.47. The molecule has 0 aliphatic rings. The number of anilines is 1. The van der Waals surface area contributed by atoms with Gasteiger partial charge in [-0.3, -0.25) is 4.79 Å². The Hall–Kier alpha value is -1.95. The summed E-state index contributed by atoms with van der Waals surface area (Å²) in [6.45, 7) is 4.39. The first-order valence-electron chi connectivity index (χ1n) is 6.34. The third kappa shape index (κ3) is 3.33. The molecule has 0 fully saturated rings. The predicted molar refractivity (Wildman–Crippen MR) is 78.6 cm³/mol. The number of hydrogen-bond donors (Lipinski definition) is 2. The lowest BCUT2D eigenvalue weighted by Gasteiger charge is -2.14. The van der Waals surface area contributed by atoms with Gasteiger partial charge in [-0.15, -0.1) is 0 Å². The molecule has 2 heterocycles. The Labute approximate surface area is 121 Å². The molecular weight excluding hydrogens is 277 g/mol. The molecule has 106 valence electrons. The first-order chi connectivity index (χ1) is 9.61. The number of pyridine rings is 1. The highest BCUT2D eigenvalue weighted by Gasteiger charge is 2.16. The maximum atomic E-state index is 13.3. The summed E-state index contributed by atoms with van der Waals surface area (Å²) in [5, 5.41) is 9.72. The van der Waals surface area contributed by atoms with Crippen LogP contribution in [-0.4, -0.2) is 17.4 Å². The lowest BCUT2D eigenvalue weighted by Crippen LogP contribution is -2.27. The van der Waals surface area contributed by atoms with Crippen LogP contribution in [0, 0.1) is 5.82 Å². The minimum Gasteiger partial charge on any atom is -0.370 e. The van der Waals surface area contributed by atoms with Crippen LogP contribution in [0.5, 0.6) is 0 Å². The van der Waals surface area contributed by atoms with Crippen LogP contribution in [-0.2, 0) is 0 Å². The zero-order valence-corrected chi connectivity index (χ0v) is 12.1. The van der Waals surface area contributed by atoms with E-state index >= 15 is 0 Å². The molecule has 6 heteroatoms. The van der Waals surface area contributed by atoms with Gasteiger partial charge in [-0.1, -0.05) is 0 Å². The second-order valence-corrected chi connectivity index (χ2v) is 5.11. The van der Waals surface area contributed by atoms with Crippen molar-refractivity contribution in [3.8, 4) is 0 Å². The molecule has 4 nitrogen and oxygen atoms in total. The standard InChI is InChI=1S/C14H16FN3OS/c1-3-16-13-12(6-11(15)7-17-13)14(19)18-9(2)10-4-5-20-8-10/h4-9H,3H2,1-2H3,(H,16,17)(H,18,19). The highest BCUT2D eigenvalue weighted by atomic mass is 32.1. The van der Waals surface area contributed by atoms with E-state index in [0.717, 1.165) is 11.8 Å². The van der Waals surface area contributed by atoms with Crippen LogP contribution < -0.4 is 10.6 Å². The number of hydrogen-bond acceptors (Lipinski definition) is 4. The normalized spacial score (nSPS) is 11.9. The molecule has 0 bridgehead atoms. The molecule has 2 N–H and O–H groups in total. The van der Waals surface area contributed by atoms with Crippen LogP contribution in [0.1, 0.15) is 35.8 Å². The first-order valence-corrected chi connectivity index (χ1v) is 7.28. The summed E-state index contributed by atoms with van der Waals surface area (Å²) in [7, 11) is 0. The Morgan fingerprint density at radius 3 is 3.00 bits per heavy atom. The van der Waals surface area contributed by atoms with Gasteiger partial charge >= 0.3 is 0 Å². The zero-order valence-electron chi connectivity index (χ0n) is 11.3. The fourth-order valence-electron chi connectivity index (χ4n) is 1.80. The van der Waals surface area contributed by atoms with E-state index in [4.69, 9.17) is 0 Å². The SMILES string of the molecule is CCNc1ncc(F)cc1C(=O)NC(C)c1ccsc1. The van der Waals surface area contributed by atoms with Crippen molar-refractivity contribution >= 4 is 23.1 Å². The van der Waals surface area contributed by atoms with Crippen molar-refractivity contribution in [2.75, 3.05) is 11.9 Å². The summed E-state index contributed by atoms with van der Waals surface area (Å²) in [5.41, 5.74) is 1.24. The molecule has 1 atom stereocenters. The molecule has 0 saturated heterocycles.